The van der Waals surface area contributed by atoms with Crippen LogP contribution in [0, 0.1) is 0 Å². The molecule has 0 bridgehead atoms. The highest BCUT2D eigenvalue weighted by Gasteiger charge is 2.40. The molecule has 2 aromatic carbocycles. The first-order valence-electron chi connectivity index (χ1n) is 11.7. The van der Waals surface area contributed by atoms with Crippen LogP contribution in [0.3, 0.4) is 0 Å². The summed E-state index contributed by atoms with van der Waals surface area (Å²) >= 11 is 20.9. The standard InChI is InChI=1S/C25H19Cl3N6O3S/c26-14-4-5-15(18(28)10-14)16-11-25(37-19-3-1-2-17(27)22(16)19)6-8-33(9-7-25)24-29-12-20(38-24)23-30-32-34(31-23)13-21(35)36/h1-5,10-12H,6-9,13H2,(H,35,36). The number of hydrogen-bond donors (Lipinski definition) is 1. The van der Waals surface area contributed by atoms with Gasteiger partial charge in [0.2, 0.25) is 5.82 Å². The fourth-order valence-electron chi connectivity index (χ4n) is 4.72. The second-order valence-electron chi connectivity index (χ2n) is 8.99. The number of hydrogen-bond acceptors (Lipinski definition) is 8. The number of tetrazole rings is 1. The van der Waals surface area contributed by atoms with Gasteiger partial charge in [0.25, 0.3) is 0 Å². The molecular formula is C25H19Cl3N6O3S. The highest BCUT2D eigenvalue weighted by molar-refractivity contribution is 7.18. The number of carboxylic acid groups (broad SMARTS) is 1. The summed E-state index contributed by atoms with van der Waals surface area (Å²) in [5.74, 6) is 0.0353. The average Bonchev–Trinajstić information content (AvgIpc) is 3.54. The Balaban J connectivity index is 1.26. The number of benzene rings is 2. The number of thiazole rings is 1. The Morgan fingerprint density at radius 2 is 1.95 bits per heavy atom. The van der Waals surface area contributed by atoms with Crippen molar-refractivity contribution >= 4 is 62.8 Å². The zero-order valence-electron chi connectivity index (χ0n) is 19.6. The summed E-state index contributed by atoms with van der Waals surface area (Å²) in [5, 5.41) is 23.3. The Morgan fingerprint density at radius 3 is 2.71 bits per heavy atom. The highest BCUT2D eigenvalue weighted by Crippen LogP contribution is 2.48. The first kappa shape index (κ1) is 25.1. The van der Waals surface area contributed by atoms with Crippen LogP contribution in [0.4, 0.5) is 5.13 Å². The quantitative estimate of drug-likeness (QED) is 0.316. The number of fused-ring (bicyclic) bond motifs is 1. The van der Waals surface area contributed by atoms with E-state index in [2.05, 4.69) is 31.4 Å². The zero-order valence-corrected chi connectivity index (χ0v) is 22.7. The number of carbonyl (C=O) groups is 1. The first-order chi connectivity index (χ1) is 18.3. The van der Waals surface area contributed by atoms with E-state index in [1.807, 2.05) is 30.3 Å². The summed E-state index contributed by atoms with van der Waals surface area (Å²) in [6.45, 7) is 1.07. The van der Waals surface area contributed by atoms with Crippen molar-refractivity contribution in [1.82, 2.24) is 25.2 Å². The van der Waals surface area contributed by atoms with Crippen molar-refractivity contribution in [2.75, 3.05) is 18.0 Å². The lowest BCUT2D eigenvalue weighted by molar-refractivity contribution is -0.138. The van der Waals surface area contributed by atoms with E-state index < -0.39 is 11.6 Å². The molecule has 2 aliphatic heterocycles. The Kier molecular flexibility index (Phi) is 6.51. The lowest BCUT2D eigenvalue weighted by Gasteiger charge is -2.43. The summed E-state index contributed by atoms with van der Waals surface area (Å²) in [4.78, 5) is 19.4. The van der Waals surface area contributed by atoms with E-state index in [9.17, 15) is 4.79 Å². The molecule has 4 aromatic rings. The van der Waals surface area contributed by atoms with E-state index >= 15 is 0 Å². The van der Waals surface area contributed by atoms with Gasteiger partial charge in [-0.1, -0.05) is 58.3 Å². The van der Waals surface area contributed by atoms with Crippen LogP contribution in [0.15, 0.2) is 48.7 Å². The summed E-state index contributed by atoms with van der Waals surface area (Å²) < 4.78 is 6.60. The molecule has 2 aliphatic rings. The Morgan fingerprint density at radius 1 is 1.13 bits per heavy atom. The van der Waals surface area contributed by atoms with Gasteiger partial charge >= 0.3 is 5.97 Å². The molecule has 1 spiro atoms. The molecular weight excluding hydrogens is 571 g/mol. The van der Waals surface area contributed by atoms with Crippen LogP contribution in [0.25, 0.3) is 16.3 Å². The SMILES string of the molecule is O=C(O)Cn1nnc(-c2cnc(N3CCC4(C=C(c5ccc(Cl)cc5Cl)c5c(Cl)cccc5O4)CC3)s2)n1. The molecule has 4 heterocycles. The van der Waals surface area contributed by atoms with Crippen molar-refractivity contribution in [3.63, 3.8) is 0 Å². The predicted molar refractivity (Wildman–Crippen MR) is 146 cm³/mol. The van der Waals surface area contributed by atoms with Crippen LogP contribution in [-0.4, -0.2) is 55.0 Å². The van der Waals surface area contributed by atoms with Crippen molar-refractivity contribution < 1.29 is 14.6 Å². The van der Waals surface area contributed by atoms with E-state index in [1.165, 1.54) is 11.3 Å². The van der Waals surface area contributed by atoms with E-state index in [4.69, 9.17) is 44.6 Å². The number of piperidine rings is 1. The van der Waals surface area contributed by atoms with Crippen LogP contribution < -0.4 is 9.64 Å². The molecule has 13 heteroatoms. The maximum absolute atomic E-state index is 10.9. The summed E-state index contributed by atoms with van der Waals surface area (Å²) in [5.41, 5.74) is 2.07. The second kappa shape index (κ2) is 9.85. The summed E-state index contributed by atoms with van der Waals surface area (Å²) in [7, 11) is 0. The van der Waals surface area contributed by atoms with Gasteiger partial charge < -0.3 is 14.7 Å². The van der Waals surface area contributed by atoms with Gasteiger partial charge in [-0.15, -0.1) is 10.2 Å². The van der Waals surface area contributed by atoms with Gasteiger partial charge in [0, 0.05) is 47.1 Å². The number of aromatic nitrogens is 5. The lowest BCUT2D eigenvalue weighted by Crippen LogP contribution is -2.48. The molecule has 1 fully saturated rings. The van der Waals surface area contributed by atoms with Crippen molar-refractivity contribution in [2.45, 2.75) is 25.0 Å². The third-order valence-electron chi connectivity index (χ3n) is 6.51. The number of rotatable bonds is 5. The van der Waals surface area contributed by atoms with Crippen molar-refractivity contribution in [1.29, 1.82) is 0 Å². The molecule has 0 unspecified atom stereocenters. The van der Waals surface area contributed by atoms with Crippen LogP contribution in [0.5, 0.6) is 5.75 Å². The Labute approximate surface area is 236 Å². The molecule has 0 radical (unpaired) electrons. The van der Waals surface area contributed by atoms with Gasteiger partial charge in [-0.05, 0) is 41.1 Å². The maximum atomic E-state index is 10.9. The van der Waals surface area contributed by atoms with Crippen LogP contribution >= 0.6 is 46.1 Å². The molecule has 9 nitrogen and oxygen atoms in total. The van der Waals surface area contributed by atoms with Gasteiger partial charge in [0.1, 0.15) is 11.4 Å². The van der Waals surface area contributed by atoms with Gasteiger partial charge in [-0.3, -0.25) is 4.79 Å². The highest BCUT2D eigenvalue weighted by atomic mass is 35.5. The predicted octanol–water partition coefficient (Wildman–Crippen LogP) is 5.70. The number of ether oxygens (including phenoxy) is 1. The van der Waals surface area contributed by atoms with Crippen LogP contribution in [-0.2, 0) is 11.3 Å². The van der Waals surface area contributed by atoms with E-state index in [-0.39, 0.29) is 6.54 Å². The molecule has 0 amide bonds. The average molecular weight is 590 g/mol. The minimum atomic E-state index is -1.04. The normalized spacial score (nSPS) is 16.2. The number of halogens is 3. The van der Waals surface area contributed by atoms with Crippen molar-refractivity contribution in [2.24, 2.45) is 0 Å². The third-order valence-corrected chi connectivity index (χ3v) is 8.43. The number of nitrogens with zero attached hydrogens (tertiary/aromatic N) is 6. The smallest absolute Gasteiger partial charge is 0.327 e. The van der Waals surface area contributed by atoms with Gasteiger partial charge in [-0.25, -0.2) is 4.98 Å². The van der Waals surface area contributed by atoms with Crippen molar-refractivity contribution in [3.05, 3.63) is 74.9 Å². The topological polar surface area (TPSA) is 106 Å². The molecule has 2 aromatic heterocycles. The van der Waals surface area contributed by atoms with Gasteiger partial charge in [0.05, 0.1) is 16.1 Å². The summed E-state index contributed by atoms with van der Waals surface area (Å²) in [6.07, 6.45) is 5.26. The third kappa shape index (κ3) is 4.73. The van der Waals surface area contributed by atoms with Gasteiger partial charge in [0.15, 0.2) is 11.7 Å². The van der Waals surface area contributed by atoms with E-state index in [1.54, 1.807) is 12.3 Å². The van der Waals surface area contributed by atoms with Crippen LogP contribution in [0.1, 0.15) is 24.0 Å². The molecule has 194 valence electrons. The van der Waals surface area contributed by atoms with Gasteiger partial charge in [-0.2, -0.15) is 4.80 Å². The lowest BCUT2D eigenvalue weighted by atomic mass is 9.83. The minimum absolute atomic E-state index is 0.347. The monoisotopic (exact) mass is 588 g/mol. The molecule has 1 saturated heterocycles. The summed E-state index contributed by atoms with van der Waals surface area (Å²) in [6, 6.07) is 11.1. The Bertz CT molecular complexity index is 1580. The number of aliphatic carboxylic acids is 1. The van der Waals surface area contributed by atoms with E-state index in [0.717, 1.165) is 45.2 Å². The Hall–Kier alpha value is -3.18. The minimum Gasteiger partial charge on any atom is -0.482 e. The molecule has 0 atom stereocenters. The fourth-order valence-corrected chi connectivity index (χ4v) is 6.39. The number of carboxylic acids is 1. The van der Waals surface area contributed by atoms with Crippen LogP contribution in [0.2, 0.25) is 15.1 Å². The molecule has 0 aliphatic carbocycles. The molecule has 38 heavy (non-hydrogen) atoms. The maximum Gasteiger partial charge on any atom is 0.327 e. The van der Waals surface area contributed by atoms with E-state index in [0.29, 0.717) is 38.9 Å². The molecule has 0 saturated carbocycles. The molecule has 1 N–H and O–H groups in total. The zero-order chi connectivity index (χ0) is 26.4. The fraction of sp³-hybridized carbons (Fsp3) is 0.240. The van der Waals surface area contributed by atoms with Crippen molar-refractivity contribution in [3.8, 4) is 16.5 Å². The second-order valence-corrected chi connectivity index (χ2v) is 11.3. The molecule has 6 rings (SSSR count). The first-order valence-corrected chi connectivity index (χ1v) is 13.6. The largest absolute Gasteiger partial charge is 0.482 e. The number of anilines is 1.